The second-order valence-corrected chi connectivity index (χ2v) is 7.28. The number of benzene rings is 1. The Morgan fingerprint density at radius 1 is 1.37 bits per heavy atom. The van der Waals surface area contributed by atoms with Gasteiger partial charge < -0.3 is 10.6 Å². The molecule has 0 saturated carbocycles. The Kier molecular flexibility index (Phi) is 7.63. The van der Waals surface area contributed by atoms with Crippen molar-refractivity contribution in [3.63, 3.8) is 0 Å². The number of nitrogens with one attached hydrogen (secondary N) is 2. The molecule has 0 bridgehead atoms. The van der Waals surface area contributed by atoms with E-state index in [2.05, 4.69) is 35.5 Å². The molecule has 0 unspecified atom stereocenters. The third-order valence-corrected chi connectivity index (χ3v) is 4.19. The summed E-state index contributed by atoms with van der Waals surface area (Å²) in [7, 11) is 0. The fourth-order valence-corrected chi connectivity index (χ4v) is 2.88. The number of amides is 1. The molecule has 0 aliphatic heterocycles. The monoisotopic (exact) mass is 384 g/mol. The van der Waals surface area contributed by atoms with Crippen LogP contribution in [0.4, 0.5) is 5.69 Å². The van der Waals surface area contributed by atoms with Gasteiger partial charge in [0.15, 0.2) is 0 Å². The van der Waals surface area contributed by atoms with E-state index in [1.807, 2.05) is 13.0 Å². The first kappa shape index (κ1) is 20.7. The number of halogens is 1. The highest BCUT2D eigenvalue weighted by atomic mass is 35.5. The zero-order chi connectivity index (χ0) is 19.8. The summed E-state index contributed by atoms with van der Waals surface area (Å²) in [6.45, 7) is 7.98. The van der Waals surface area contributed by atoms with Crippen molar-refractivity contribution in [2.45, 2.75) is 33.7 Å². The molecule has 1 aliphatic rings. The molecule has 2 N–H and O–H groups in total. The van der Waals surface area contributed by atoms with Crippen LogP contribution in [0.1, 0.15) is 38.3 Å². The molecule has 0 aromatic heterocycles. The molecule has 0 radical (unpaired) electrons. The van der Waals surface area contributed by atoms with Gasteiger partial charge in [-0.3, -0.25) is 9.79 Å². The molecule has 0 heterocycles. The summed E-state index contributed by atoms with van der Waals surface area (Å²) < 4.78 is 0. The van der Waals surface area contributed by atoms with Crippen molar-refractivity contribution in [2.24, 2.45) is 10.9 Å². The Morgan fingerprint density at radius 2 is 2.15 bits per heavy atom. The van der Waals surface area contributed by atoms with Crippen LogP contribution < -0.4 is 10.6 Å². The third kappa shape index (κ3) is 6.26. The summed E-state index contributed by atoms with van der Waals surface area (Å²) in [5.41, 5.74) is 3.68. The lowest BCUT2D eigenvalue weighted by atomic mass is 10.0. The number of anilines is 1. The molecule has 1 aromatic carbocycles. The number of allylic oxidation sites excluding steroid dienone is 2. The molecule has 1 aromatic rings. The van der Waals surface area contributed by atoms with E-state index in [1.54, 1.807) is 24.3 Å². The average Bonchev–Trinajstić information content (AvgIpc) is 2.64. The lowest BCUT2D eigenvalue weighted by Gasteiger charge is -2.15. The van der Waals surface area contributed by atoms with Gasteiger partial charge in [0.25, 0.3) is 5.91 Å². The number of carbonyl (C=O) groups excluding carboxylic acids is 1. The molecular formula is C21H25ClN4O. The van der Waals surface area contributed by atoms with E-state index < -0.39 is 0 Å². The molecule has 0 spiro atoms. The summed E-state index contributed by atoms with van der Waals surface area (Å²) in [6, 6.07) is 7.51. The first-order valence-electron chi connectivity index (χ1n) is 9.09. The van der Waals surface area contributed by atoms with Gasteiger partial charge in [-0.2, -0.15) is 5.26 Å². The van der Waals surface area contributed by atoms with Gasteiger partial charge in [0.2, 0.25) is 0 Å². The standard InChI is InChI=1S/C21H25ClN4O/c1-4-24-20-7-15(11-23)5-6-16(20)13-26-21(27)17-8-18(22)10-19(9-17)25-12-14(2)3/h5-9,14,24H,4,10,12-13H2,1-3H3,(H,26,27). The molecule has 1 aliphatic carbocycles. The Hall–Kier alpha value is -2.58. The van der Waals surface area contributed by atoms with Crippen LogP contribution in [0, 0.1) is 17.2 Å². The molecule has 2 rings (SSSR count). The van der Waals surface area contributed by atoms with E-state index in [0.29, 0.717) is 41.6 Å². The fraction of sp³-hybridized carbons (Fsp3) is 0.381. The van der Waals surface area contributed by atoms with Gasteiger partial charge >= 0.3 is 0 Å². The number of carbonyl (C=O) groups is 1. The zero-order valence-corrected chi connectivity index (χ0v) is 16.7. The molecule has 0 fully saturated rings. The van der Waals surface area contributed by atoms with Crippen molar-refractivity contribution in [1.82, 2.24) is 5.32 Å². The Morgan fingerprint density at radius 3 is 2.81 bits per heavy atom. The first-order valence-corrected chi connectivity index (χ1v) is 9.47. The minimum absolute atomic E-state index is 0.197. The van der Waals surface area contributed by atoms with Gasteiger partial charge in [0, 0.05) is 48.1 Å². The summed E-state index contributed by atoms with van der Waals surface area (Å²) in [5, 5.41) is 15.8. The predicted molar refractivity (Wildman–Crippen MR) is 111 cm³/mol. The van der Waals surface area contributed by atoms with Crippen LogP contribution in [-0.4, -0.2) is 24.7 Å². The van der Waals surface area contributed by atoms with Crippen molar-refractivity contribution in [3.8, 4) is 6.07 Å². The third-order valence-electron chi connectivity index (χ3n) is 3.95. The van der Waals surface area contributed by atoms with Gasteiger partial charge in [-0.15, -0.1) is 0 Å². The Labute approximate surface area is 165 Å². The van der Waals surface area contributed by atoms with Gasteiger partial charge in [-0.1, -0.05) is 31.5 Å². The minimum atomic E-state index is -0.197. The average molecular weight is 385 g/mol. The molecule has 27 heavy (non-hydrogen) atoms. The van der Waals surface area contributed by atoms with E-state index in [-0.39, 0.29) is 5.91 Å². The molecule has 6 heteroatoms. The molecule has 5 nitrogen and oxygen atoms in total. The number of nitrogens with zero attached hydrogens (tertiary/aromatic N) is 2. The van der Waals surface area contributed by atoms with E-state index in [4.69, 9.17) is 16.9 Å². The lowest BCUT2D eigenvalue weighted by Crippen LogP contribution is -2.26. The predicted octanol–water partition coefficient (Wildman–Crippen LogP) is 4.16. The highest BCUT2D eigenvalue weighted by Crippen LogP contribution is 2.21. The maximum Gasteiger partial charge on any atom is 0.251 e. The smallest absolute Gasteiger partial charge is 0.251 e. The molecule has 1 amide bonds. The van der Waals surface area contributed by atoms with E-state index in [0.717, 1.165) is 23.5 Å². The van der Waals surface area contributed by atoms with Crippen LogP contribution in [0.15, 0.2) is 45.9 Å². The van der Waals surface area contributed by atoms with Crippen LogP contribution in [0.5, 0.6) is 0 Å². The normalized spacial score (nSPS) is 15.2. The highest BCUT2D eigenvalue weighted by Gasteiger charge is 2.15. The van der Waals surface area contributed by atoms with Gasteiger partial charge in [-0.25, -0.2) is 0 Å². The molecule has 0 atom stereocenters. The summed E-state index contributed by atoms with van der Waals surface area (Å²) >= 11 is 6.20. The minimum Gasteiger partial charge on any atom is -0.385 e. The fourth-order valence-electron chi connectivity index (χ4n) is 2.63. The largest absolute Gasteiger partial charge is 0.385 e. The molecule has 142 valence electrons. The van der Waals surface area contributed by atoms with Crippen molar-refractivity contribution >= 4 is 28.9 Å². The van der Waals surface area contributed by atoms with Crippen LogP contribution in [0.25, 0.3) is 0 Å². The van der Waals surface area contributed by atoms with Crippen LogP contribution in [0.3, 0.4) is 0 Å². The van der Waals surface area contributed by atoms with Crippen molar-refractivity contribution in [2.75, 3.05) is 18.4 Å². The lowest BCUT2D eigenvalue weighted by molar-refractivity contribution is -0.117. The maximum absolute atomic E-state index is 12.6. The first-order chi connectivity index (χ1) is 12.9. The zero-order valence-electron chi connectivity index (χ0n) is 16.0. The summed E-state index contributed by atoms with van der Waals surface area (Å²) in [6.07, 6.45) is 4.05. The number of rotatable bonds is 7. The van der Waals surface area contributed by atoms with Crippen molar-refractivity contribution in [1.29, 1.82) is 5.26 Å². The highest BCUT2D eigenvalue weighted by molar-refractivity contribution is 6.33. The van der Waals surface area contributed by atoms with Crippen LogP contribution >= 0.6 is 11.6 Å². The number of nitriles is 1. The van der Waals surface area contributed by atoms with E-state index in [9.17, 15) is 4.79 Å². The SMILES string of the molecule is CCNc1cc(C#N)ccc1CNC(=O)C1=CC(=NCC(C)C)CC(Cl)=C1. The van der Waals surface area contributed by atoms with Gasteiger partial charge in [-0.05, 0) is 42.7 Å². The van der Waals surface area contributed by atoms with Crippen molar-refractivity contribution in [3.05, 3.63) is 52.1 Å². The van der Waals surface area contributed by atoms with Crippen LogP contribution in [0.2, 0.25) is 0 Å². The summed E-state index contributed by atoms with van der Waals surface area (Å²) in [4.78, 5) is 17.1. The molecule has 0 saturated heterocycles. The summed E-state index contributed by atoms with van der Waals surface area (Å²) in [5.74, 6) is 0.255. The van der Waals surface area contributed by atoms with E-state index in [1.165, 1.54) is 0 Å². The van der Waals surface area contributed by atoms with Crippen LogP contribution in [-0.2, 0) is 11.3 Å². The van der Waals surface area contributed by atoms with Crippen molar-refractivity contribution < 1.29 is 4.79 Å². The van der Waals surface area contributed by atoms with Gasteiger partial charge in [0.05, 0.1) is 11.6 Å². The number of hydrogen-bond acceptors (Lipinski definition) is 4. The van der Waals surface area contributed by atoms with E-state index >= 15 is 0 Å². The number of aliphatic imine (C=N–C) groups is 1. The number of hydrogen-bond donors (Lipinski definition) is 2. The quantitative estimate of drug-likeness (QED) is 0.741. The second kappa shape index (κ2) is 9.94. The Bertz CT molecular complexity index is 831. The maximum atomic E-state index is 12.6. The Balaban J connectivity index is 2.11. The second-order valence-electron chi connectivity index (χ2n) is 6.79. The van der Waals surface area contributed by atoms with Gasteiger partial charge in [0.1, 0.15) is 0 Å². The molecular weight excluding hydrogens is 360 g/mol. The topological polar surface area (TPSA) is 77.3 Å².